The Labute approximate surface area is 86.1 Å². The van der Waals surface area contributed by atoms with Gasteiger partial charge in [0.2, 0.25) is 0 Å². The molecule has 78 valence electrons. The summed E-state index contributed by atoms with van der Waals surface area (Å²) in [7, 11) is 0. The molecule has 0 aliphatic carbocycles. The van der Waals surface area contributed by atoms with E-state index in [0.29, 0.717) is 0 Å². The summed E-state index contributed by atoms with van der Waals surface area (Å²) in [6.07, 6.45) is 1.59. The number of hydrogen-bond acceptors (Lipinski definition) is 3. The number of fused-ring (bicyclic) bond motifs is 1. The SMILES string of the molecule is O=C(O)COCc1coc2ccccc12. The summed E-state index contributed by atoms with van der Waals surface area (Å²) in [5.41, 5.74) is 1.65. The van der Waals surface area contributed by atoms with Gasteiger partial charge in [0.15, 0.2) is 0 Å². The molecule has 0 aliphatic rings. The lowest BCUT2D eigenvalue weighted by Crippen LogP contribution is -2.06. The first-order chi connectivity index (χ1) is 7.27. The van der Waals surface area contributed by atoms with Crippen molar-refractivity contribution in [2.75, 3.05) is 6.61 Å². The second-order valence-corrected chi connectivity index (χ2v) is 3.14. The number of aliphatic carboxylic acids is 1. The van der Waals surface area contributed by atoms with Crippen molar-refractivity contribution >= 4 is 16.9 Å². The Morgan fingerprint density at radius 3 is 3.00 bits per heavy atom. The van der Waals surface area contributed by atoms with Gasteiger partial charge in [0, 0.05) is 10.9 Å². The van der Waals surface area contributed by atoms with E-state index in [0.717, 1.165) is 16.5 Å². The van der Waals surface area contributed by atoms with E-state index in [1.807, 2.05) is 24.3 Å². The van der Waals surface area contributed by atoms with Gasteiger partial charge in [-0.1, -0.05) is 18.2 Å². The number of carboxylic acid groups (broad SMARTS) is 1. The largest absolute Gasteiger partial charge is 0.480 e. The predicted molar refractivity (Wildman–Crippen MR) is 53.5 cm³/mol. The van der Waals surface area contributed by atoms with Crippen molar-refractivity contribution in [2.45, 2.75) is 6.61 Å². The van der Waals surface area contributed by atoms with E-state index in [9.17, 15) is 4.79 Å². The van der Waals surface area contributed by atoms with E-state index in [2.05, 4.69) is 0 Å². The highest BCUT2D eigenvalue weighted by atomic mass is 16.5. The first-order valence-corrected chi connectivity index (χ1v) is 4.52. The number of furan rings is 1. The second-order valence-electron chi connectivity index (χ2n) is 3.14. The molecule has 0 saturated heterocycles. The first kappa shape index (κ1) is 9.73. The lowest BCUT2D eigenvalue weighted by atomic mass is 10.2. The number of carboxylic acids is 1. The zero-order chi connectivity index (χ0) is 10.7. The topological polar surface area (TPSA) is 59.7 Å². The fourth-order valence-electron chi connectivity index (χ4n) is 1.39. The minimum atomic E-state index is -0.970. The summed E-state index contributed by atoms with van der Waals surface area (Å²) in [5.74, 6) is -0.970. The number of ether oxygens (including phenoxy) is 1. The van der Waals surface area contributed by atoms with Crippen molar-refractivity contribution in [1.82, 2.24) is 0 Å². The Kier molecular flexibility index (Phi) is 2.69. The van der Waals surface area contributed by atoms with Crippen molar-refractivity contribution < 1.29 is 19.1 Å². The minimum absolute atomic E-state index is 0.253. The minimum Gasteiger partial charge on any atom is -0.480 e. The Morgan fingerprint density at radius 2 is 2.20 bits per heavy atom. The van der Waals surface area contributed by atoms with Crippen LogP contribution in [-0.2, 0) is 16.1 Å². The third-order valence-electron chi connectivity index (χ3n) is 2.04. The standard InChI is InChI=1S/C11H10O4/c12-11(13)7-14-5-8-6-15-10-4-2-1-3-9(8)10/h1-4,6H,5,7H2,(H,12,13). The van der Waals surface area contributed by atoms with Crippen molar-refractivity contribution in [3.05, 3.63) is 36.1 Å². The molecule has 4 heteroatoms. The number of para-hydroxylation sites is 1. The van der Waals surface area contributed by atoms with Crippen LogP contribution in [0.1, 0.15) is 5.56 Å². The van der Waals surface area contributed by atoms with Gasteiger partial charge < -0.3 is 14.3 Å². The molecule has 15 heavy (non-hydrogen) atoms. The van der Waals surface area contributed by atoms with Crippen LogP contribution in [0.15, 0.2) is 34.9 Å². The van der Waals surface area contributed by atoms with E-state index in [-0.39, 0.29) is 13.2 Å². The van der Waals surface area contributed by atoms with Gasteiger partial charge >= 0.3 is 5.97 Å². The summed E-state index contributed by atoms with van der Waals surface area (Å²) in [6.45, 7) is -0.0389. The Hall–Kier alpha value is -1.81. The summed E-state index contributed by atoms with van der Waals surface area (Å²) < 4.78 is 10.3. The van der Waals surface area contributed by atoms with Gasteiger partial charge in [-0.05, 0) is 6.07 Å². The average molecular weight is 206 g/mol. The van der Waals surface area contributed by atoms with E-state index >= 15 is 0 Å². The predicted octanol–water partition coefficient (Wildman–Crippen LogP) is 2.03. The highest BCUT2D eigenvalue weighted by Gasteiger charge is 2.05. The highest BCUT2D eigenvalue weighted by Crippen LogP contribution is 2.20. The lowest BCUT2D eigenvalue weighted by molar-refractivity contribution is -0.142. The molecule has 1 aromatic heterocycles. The molecular formula is C11H10O4. The van der Waals surface area contributed by atoms with Crippen LogP contribution in [0.25, 0.3) is 11.0 Å². The fraction of sp³-hybridized carbons (Fsp3) is 0.182. The van der Waals surface area contributed by atoms with Gasteiger partial charge in [0.25, 0.3) is 0 Å². The smallest absolute Gasteiger partial charge is 0.329 e. The molecule has 0 aliphatic heterocycles. The maximum Gasteiger partial charge on any atom is 0.329 e. The fourth-order valence-corrected chi connectivity index (χ4v) is 1.39. The number of rotatable bonds is 4. The van der Waals surface area contributed by atoms with Crippen LogP contribution in [0.3, 0.4) is 0 Å². The molecule has 2 aromatic rings. The zero-order valence-electron chi connectivity index (χ0n) is 7.97. The Bertz CT molecular complexity index is 472. The molecule has 0 atom stereocenters. The maximum atomic E-state index is 10.2. The van der Waals surface area contributed by atoms with Gasteiger partial charge in [-0.15, -0.1) is 0 Å². The summed E-state index contributed by atoms with van der Waals surface area (Å²) >= 11 is 0. The Balaban J connectivity index is 2.11. The number of benzene rings is 1. The normalized spacial score (nSPS) is 10.7. The molecule has 1 aromatic carbocycles. The van der Waals surface area contributed by atoms with Gasteiger partial charge in [-0.25, -0.2) is 4.79 Å². The monoisotopic (exact) mass is 206 g/mol. The quantitative estimate of drug-likeness (QED) is 0.831. The first-order valence-electron chi connectivity index (χ1n) is 4.52. The van der Waals surface area contributed by atoms with Gasteiger partial charge in [-0.3, -0.25) is 0 Å². The van der Waals surface area contributed by atoms with E-state index in [1.165, 1.54) is 0 Å². The van der Waals surface area contributed by atoms with Gasteiger partial charge in [-0.2, -0.15) is 0 Å². The molecule has 0 spiro atoms. The van der Waals surface area contributed by atoms with Crippen LogP contribution in [0.4, 0.5) is 0 Å². The molecule has 4 nitrogen and oxygen atoms in total. The molecule has 2 rings (SSSR count). The van der Waals surface area contributed by atoms with E-state index in [1.54, 1.807) is 6.26 Å². The van der Waals surface area contributed by atoms with Crippen LogP contribution in [0.5, 0.6) is 0 Å². The van der Waals surface area contributed by atoms with Crippen LogP contribution in [0.2, 0.25) is 0 Å². The van der Waals surface area contributed by atoms with Gasteiger partial charge in [0.1, 0.15) is 12.2 Å². The third-order valence-corrected chi connectivity index (χ3v) is 2.04. The van der Waals surface area contributed by atoms with E-state index in [4.69, 9.17) is 14.3 Å². The molecule has 0 amide bonds. The molecule has 0 bridgehead atoms. The lowest BCUT2D eigenvalue weighted by Gasteiger charge is -1.98. The van der Waals surface area contributed by atoms with Gasteiger partial charge in [0.05, 0.1) is 12.9 Å². The molecule has 0 fully saturated rings. The Morgan fingerprint density at radius 1 is 1.40 bits per heavy atom. The molecule has 1 N–H and O–H groups in total. The number of hydrogen-bond donors (Lipinski definition) is 1. The summed E-state index contributed by atoms with van der Waals surface area (Å²) in [4.78, 5) is 10.2. The summed E-state index contributed by atoms with van der Waals surface area (Å²) in [6, 6.07) is 7.56. The molecular weight excluding hydrogens is 196 g/mol. The van der Waals surface area contributed by atoms with Crippen molar-refractivity contribution in [3.8, 4) is 0 Å². The molecule has 0 saturated carbocycles. The van der Waals surface area contributed by atoms with Crippen LogP contribution in [-0.4, -0.2) is 17.7 Å². The zero-order valence-corrected chi connectivity index (χ0v) is 7.97. The van der Waals surface area contributed by atoms with E-state index < -0.39 is 5.97 Å². The molecule has 0 unspecified atom stereocenters. The maximum absolute atomic E-state index is 10.2. The van der Waals surface area contributed by atoms with Crippen LogP contribution >= 0.6 is 0 Å². The van der Waals surface area contributed by atoms with Crippen LogP contribution in [0, 0.1) is 0 Å². The van der Waals surface area contributed by atoms with Crippen molar-refractivity contribution in [1.29, 1.82) is 0 Å². The van der Waals surface area contributed by atoms with Crippen molar-refractivity contribution in [2.24, 2.45) is 0 Å². The van der Waals surface area contributed by atoms with Crippen LogP contribution < -0.4 is 0 Å². The highest BCUT2D eigenvalue weighted by molar-refractivity contribution is 5.80. The third kappa shape index (κ3) is 2.16. The number of carbonyl (C=O) groups is 1. The second kappa shape index (κ2) is 4.14. The summed E-state index contributed by atoms with van der Waals surface area (Å²) in [5, 5.41) is 9.37. The average Bonchev–Trinajstić information content (AvgIpc) is 2.62. The van der Waals surface area contributed by atoms with Crippen molar-refractivity contribution in [3.63, 3.8) is 0 Å². The molecule has 0 radical (unpaired) electrons. The molecule has 1 heterocycles.